The van der Waals surface area contributed by atoms with Crippen LogP contribution in [0.5, 0.6) is 5.75 Å². The highest BCUT2D eigenvalue weighted by Gasteiger charge is 2.42. The van der Waals surface area contributed by atoms with Crippen LogP contribution in [0.2, 0.25) is 0 Å². The number of imide groups is 1. The molecule has 0 spiro atoms. The number of hydrogen-bond donors (Lipinski definition) is 0. The van der Waals surface area contributed by atoms with Gasteiger partial charge in [0.15, 0.2) is 0 Å². The highest BCUT2D eigenvalue weighted by atomic mass is 16.5. The minimum absolute atomic E-state index is 0.00176. The van der Waals surface area contributed by atoms with E-state index in [9.17, 15) is 9.59 Å². The number of nitrogens with zero attached hydrogens (tertiary/aromatic N) is 2. The van der Waals surface area contributed by atoms with Gasteiger partial charge < -0.3 is 14.4 Å². The van der Waals surface area contributed by atoms with Crippen LogP contribution in [0.4, 0.5) is 0 Å². The van der Waals surface area contributed by atoms with Gasteiger partial charge in [0.25, 0.3) is 11.8 Å². The molecule has 0 saturated carbocycles. The van der Waals surface area contributed by atoms with Gasteiger partial charge in [0.2, 0.25) is 0 Å². The first-order valence-electron chi connectivity index (χ1n) is 11.1. The van der Waals surface area contributed by atoms with E-state index in [4.69, 9.17) is 9.47 Å². The van der Waals surface area contributed by atoms with Crippen LogP contribution in [-0.2, 0) is 14.3 Å². The Bertz CT molecular complexity index is 790. The molecule has 1 fully saturated rings. The molecule has 2 atom stereocenters. The van der Waals surface area contributed by atoms with Crippen LogP contribution in [0.3, 0.4) is 0 Å². The molecule has 1 saturated heterocycles. The topological polar surface area (TPSA) is 59.1 Å². The van der Waals surface area contributed by atoms with Crippen LogP contribution in [0.15, 0.2) is 30.0 Å². The standard InChI is InChI=1S/C24H34N2O4/c1-6-7-12-26-23(27)21(19-8-10-20(11-9-19)29-15-16(2)3)22(24(26)28)25-13-17(4)30-18(5)14-25/h8-11,16-18H,6-7,12-15H2,1-5H3. The van der Waals surface area contributed by atoms with Gasteiger partial charge in [0, 0.05) is 19.6 Å². The van der Waals surface area contributed by atoms with E-state index in [-0.39, 0.29) is 24.0 Å². The van der Waals surface area contributed by atoms with Crippen LogP contribution in [0.25, 0.3) is 5.57 Å². The van der Waals surface area contributed by atoms with Crippen molar-refractivity contribution in [1.29, 1.82) is 0 Å². The number of unbranched alkanes of at least 4 members (excludes halogenated alkanes) is 1. The number of amides is 2. The van der Waals surface area contributed by atoms with Crippen LogP contribution < -0.4 is 4.74 Å². The maximum atomic E-state index is 13.3. The van der Waals surface area contributed by atoms with Crippen molar-refractivity contribution in [3.8, 4) is 5.75 Å². The quantitative estimate of drug-likeness (QED) is 0.607. The lowest BCUT2D eigenvalue weighted by molar-refractivity contribution is -0.138. The van der Waals surface area contributed by atoms with Crippen LogP contribution >= 0.6 is 0 Å². The first kappa shape index (κ1) is 22.3. The third-order valence-electron chi connectivity index (χ3n) is 5.34. The average molecular weight is 415 g/mol. The molecule has 2 unspecified atom stereocenters. The fourth-order valence-electron chi connectivity index (χ4n) is 3.98. The van der Waals surface area contributed by atoms with Crippen molar-refractivity contribution in [2.75, 3.05) is 26.2 Å². The van der Waals surface area contributed by atoms with Gasteiger partial charge >= 0.3 is 0 Å². The van der Waals surface area contributed by atoms with E-state index in [1.807, 2.05) is 43.0 Å². The lowest BCUT2D eigenvalue weighted by Gasteiger charge is -2.37. The summed E-state index contributed by atoms with van der Waals surface area (Å²) in [6.45, 7) is 12.5. The Morgan fingerprint density at radius 1 is 1.07 bits per heavy atom. The van der Waals surface area contributed by atoms with Gasteiger partial charge in [-0.25, -0.2) is 0 Å². The number of hydrogen-bond acceptors (Lipinski definition) is 5. The lowest BCUT2D eigenvalue weighted by atomic mass is 10.0. The van der Waals surface area contributed by atoms with Crippen molar-refractivity contribution in [3.63, 3.8) is 0 Å². The fourth-order valence-corrected chi connectivity index (χ4v) is 3.98. The summed E-state index contributed by atoms with van der Waals surface area (Å²) in [6.07, 6.45) is 1.73. The molecule has 3 rings (SSSR count). The van der Waals surface area contributed by atoms with E-state index < -0.39 is 0 Å². The third kappa shape index (κ3) is 4.86. The third-order valence-corrected chi connectivity index (χ3v) is 5.34. The molecule has 30 heavy (non-hydrogen) atoms. The summed E-state index contributed by atoms with van der Waals surface area (Å²) in [5, 5.41) is 0. The minimum atomic E-state index is -0.203. The molecule has 0 N–H and O–H groups in total. The van der Waals surface area contributed by atoms with Gasteiger partial charge in [-0.05, 0) is 43.9 Å². The van der Waals surface area contributed by atoms with Crippen molar-refractivity contribution < 1.29 is 19.1 Å². The van der Waals surface area contributed by atoms with Crippen molar-refractivity contribution >= 4 is 17.4 Å². The average Bonchev–Trinajstić information content (AvgIpc) is 2.94. The van der Waals surface area contributed by atoms with Gasteiger partial charge in [0.05, 0.1) is 24.4 Å². The largest absolute Gasteiger partial charge is 0.493 e. The highest BCUT2D eigenvalue weighted by Crippen LogP contribution is 2.34. The van der Waals surface area contributed by atoms with Crippen molar-refractivity contribution in [2.24, 2.45) is 5.92 Å². The van der Waals surface area contributed by atoms with E-state index >= 15 is 0 Å². The van der Waals surface area contributed by atoms with E-state index in [1.165, 1.54) is 4.90 Å². The molecule has 6 nitrogen and oxygen atoms in total. The number of carbonyl (C=O) groups is 2. The summed E-state index contributed by atoms with van der Waals surface area (Å²) in [4.78, 5) is 30.0. The zero-order valence-electron chi connectivity index (χ0n) is 18.8. The summed E-state index contributed by atoms with van der Waals surface area (Å²) in [5.74, 6) is 0.809. The molecule has 164 valence electrons. The maximum Gasteiger partial charge on any atom is 0.277 e. The van der Waals surface area contributed by atoms with Crippen LogP contribution in [0, 0.1) is 5.92 Å². The Hall–Kier alpha value is -2.34. The van der Waals surface area contributed by atoms with Gasteiger partial charge in [-0.15, -0.1) is 0 Å². The Morgan fingerprint density at radius 3 is 2.27 bits per heavy atom. The molecule has 1 aromatic rings. The number of benzene rings is 1. The van der Waals surface area contributed by atoms with Crippen LogP contribution in [0.1, 0.15) is 53.0 Å². The Balaban J connectivity index is 1.95. The molecule has 0 aromatic heterocycles. The van der Waals surface area contributed by atoms with Gasteiger partial charge in [-0.3, -0.25) is 14.5 Å². The monoisotopic (exact) mass is 414 g/mol. The Morgan fingerprint density at radius 2 is 1.70 bits per heavy atom. The van der Waals surface area contributed by atoms with E-state index in [0.717, 1.165) is 24.2 Å². The molecule has 2 aliphatic heterocycles. The molecule has 0 bridgehead atoms. The summed E-state index contributed by atoms with van der Waals surface area (Å²) < 4.78 is 11.6. The number of morpholine rings is 1. The number of ether oxygens (including phenoxy) is 2. The minimum Gasteiger partial charge on any atom is -0.493 e. The number of rotatable bonds is 8. The zero-order valence-corrected chi connectivity index (χ0v) is 18.8. The van der Waals surface area contributed by atoms with E-state index in [1.54, 1.807) is 0 Å². The molecule has 2 amide bonds. The molecule has 1 aromatic carbocycles. The van der Waals surface area contributed by atoms with Crippen molar-refractivity contribution in [3.05, 3.63) is 35.5 Å². The first-order valence-corrected chi connectivity index (χ1v) is 11.1. The Labute approximate surface area is 179 Å². The molecular formula is C24H34N2O4. The normalized spacial score (nSPS) is 22.5. The van der Waals surface area contributed by atoms with Crippen molar-refractivity contribution in [2.45, 2.75) is 59.7 Å². The van der Waals surface area contributed by atoms with Crippen LogP contribution in [-0.4, -0.2) is 60.1 Å². The predicted octanol–water partition coefficient (Wildman–Crippen LogP) is 3.71. The van der Waals surface area contributed by atoms with Gasteiger partial charge in [-0.1, -0.05) is 39.3 Å². The molecule has 2 aliphatic rings. The second kappa shape index (κ2) is 9.65. The molecule has 0 radical (unpaired) electrons. The lowest BCUT2D eigenvalue weighted by Crippen LogP contribution is -2.47. The van der Waals surface area contributed by atoms with E-state index in [2.05, 4.69) is 20.8 Å². The highest BCUT2D eigenvalue weighted by molar-refractivity contribution is 6.35. The SMILES string of the molecule is CCCCN1C(=O)C(c2ccc(OCC(C)C)cc2)=C(N2CC(C)OC(C)C2)C1=O. The van der Waals surface area contributed by atoms with Crippen molar-refractivity contribution in [1.82, 2.24) is 9.80 Å². The molecule has 2 heterocycles. The van der Waals surface area contributed by atoms with Gasteiger partial charge in [-0.2, -0.15) is 0 Å². The number of carbonyl (C=O) groups excluding carboxylic acids is 2. The molecular weight excluding hydrogens is 380 g/mol. The van der Waals surface area contributed by atoms with Gasteiger partial charge in [0.1, 0.15) is 11.4 Å². The fraction of sp³-hybridized carbons (Fsp3) is 0.583. The maximum absolute atomic E-state index is 13.3. The summed E-state index contributed by atoms with van der Waals surface area (Å²) in [7, 11) is 0. The smallest absolute Gasteiger partial charge is 0.277 e. The molecule has 0 aliphatic carbocycles. The second-order valence-corrected chi connectivity index (χ2v) is 8.73. The Kier molecular flexibility index (Phi) is 7.19. The first-order chi connectivity index (χ1) is 14.3. The molecule has 6 heteroatoms. The predicted molar refractivity (Wildman–Crippen MR) is 117 cm³/mol. The summed E-state index contributed by atoms with van der Waals surface area (Å²) in [6, 6.07) is 7.51. The summed E-state index contributed by atoms with van der Waals surface area (Å²) in [5.41, 5.74) is 1.76. The zero-order chi connectivity index (χ0) is 21.8. The summed E-state index contributed by atoms with van der Waals surface area (Å²) >= 11 is 0. The second-order valence-electron chi connectivity index (χ2n) is 8.73. The van der Waals surface area contributed by atoms with E-state index in [0.29, 0.717) is 43.4 Å².